The molecule has 134 valence electrons. The van der Waals surface area contributed by atoms with Crippen molar-refractivity contribution in [3.05, 3.63) is 76.7 Å². The normalized spacial score (nSPS) is 12.0. The summed E-state index contributed by atoms with van der Waals surface area (Å²) in [5, 5.41) is 8.11. The lowest BCUT2D eigenvalue weighted by molar-refractivity contribution is -0.109. The van der Waals surface area contributed by atoms with Gasteiger partial charge in [0.05, 0.1) is 23.3 Å². The first kappa shape index (κ1) is 17.1. The zero-order valence-electron chi connectivity index (χ0n) is 14.3. The monoisotopic (exact) mass is 376 g/mol. The molecule has 0 bridgehead atoms. The van der Waals surface area contributed by atoms with Gasteiger partial charge >= 0.3 is 0 Å². The van der Waals surface area contributed by atoms with Gasteiger partial charge in [0.25, 0.3) is 5.91 Å². The molecule has 4 aromatic rings. The van der Waals surface area contributed by atoms with Crippen LogP contribution in [0.1, 0.15) is 15.2 Å². The predicted octanol–water partition coefficient (Wildman–Crippen LogP) is 3.02. The molecule has 0 saturated carbocycles. The number of nitrogens with one attached hydrogen (secondary N) is 1. The molecule has 7 heteroatoms. The number of carbonyl (C=O) groups is 2. The van der Waals surface area contributed by atoms with Gasteiger partial charge in [0, 0.05) is 5.39 Å². The molecule has 0 aliphatic rings. The van der Waals surface area contributed by atoms with Crippen molar-refractivity contribution >= 4 is 34.4 Å². The minimum absolute atomic E-state index is 0.333. The van der Waals surface area contributed by atoms with Crippen LogP contribution >= 0.6 is 11.3 Å². The number of fused-ring (bicyclic) bond motifs is 1. The third-order valence-electron chi connectivity index (χ3n) is 4.21. The minimum atomic E-state index is -0.607. The van der Waals surface area contributed by atoms with Crippen LogP contribution in [0, 0.1) is 0 Å². The molecule has 1 atom stereocenters. The van der Waals surface area contributed by atoms with Gasteiger partial charge in [-0.1, -0.05) is 48.5 Å². The van der Waals surface area contributed by atoms with E-state index in [2.05, 4.69) is 15.4 Å². The molecular formula is C20H16N4O2S. The van der Waals surface area contributed by atoms with Gasteiger partial charge in [-0.15, -0.1) is 11.3 Å². The van der Waals surface area contributed by atoms with Gasteiger partial charge in [-0.3, -0.25) is 4.79 Å². The highest BCUT2D eigenvalue weighted by Gasteiger charge is 2.21. The predicted molar refractivity (Wildman–Crippen MR) is 104 cm³/mol. The number of nitrogens with zero attached hydrogens (tertiary/aromatic N) is 3. The lowest BCUT2D eigenvalue weighted by Crippen LogP contribution is -2.37. The Morgan fingerprint density at radius 2 is 1.93 bits per heavy atom. The topological polar surface area (TPSA) is 76.9 Å². The summed E-state index contributed by atoms with van der Waals surface area (Å²) in [6.45, 7) is 0. The summed E-state index contributed by atoms with van der Waals surface area (Å²) in [6, 6.07) is 16.7. The molecule has 6 nitrogen and oxygen atoms in total. The van der Waals surface area contributed by atoms with Crippen LogP contribution in [0.3, 0.4) is 0 Å². The SMILES string of the molecule is O=CC(Cc1ccccc1)NC(=O)c1scnc1-n1ncc2ccccc21. The number of para-hydroxylation sites is 1. The highest BCUT2D eigenvalue weighted by Crippen LogP contribution is 2.22. The van der Waals surface area contributed by atoms with Crippen LogP contribution in [-0.4, -0.2) is 33.0 Å². The van der Waals surface area contributed by atoms with Crippen LogP contribution < -0.4 is 5.32 Å². The second-order valence-electron chi connectivity index (χ2n) is 6.03. The Balaban J connectivity index is 1.58. The third kappa shape index (κ3) is 3.50. The Bertz CT molecular complexity index is 1090. The Hall–Kier alpha value is -3.32. The molecule has 2 aromatic carbocycles. The Labute approximate surface area is 159 Å². The highest BCUT2D eigenvalue weighted by molar-refractivity contribution is 7.12. The first-order valence-electron chi connectivity index (χ1n) is 8.43. The van der Waals surface area contributed by atoms with Gasteiger partial charge in [0.1, 0.15) is 11.2 Å². The van der Waals surface area contributed by atoms with E-state index in [1.807, 2.05) is 54.6 Å². The van der Waals surface area contributed by atoms with Gasteiger partial charge in [-0.25, -0.2) is 9.67 Å². The molecule has 27 heavy (non-hydrogen) atoms. The van der Waals surface area contributed by atoms with Gasteiger partial charge in [-0.05, 0) is 18.1 Å². The van der Waals surface area contributed by atoms with Gasteiger partial charge in [0.2, 0.25) is 0 Å². The smallest absolute Gasteiger partial charge is 0.265 e. The molecule has 2 aromatic heterocycles. The molecule has 0 saturated heterocycles. The fourth-order valence-electron chi connectivity index (χ4n) is 2.92. The van der Waals surface area contributed by atoms with Gasteiger partial charge in [0.15, 0.2) is 5.82 Å². The number of aromatic nitrogens is 3. The van der Waals surface area contributed by atoms with Crippen molar-refractivity contribution in [2.75, 3.05) is 0 Å². The number of thiazole rings is 1. The van der Waals surface area contributed by atoms with E-state index in [-0.39, 0.29) is 5.91 Å². The van der Waals surface area contributed by atoms with Crippen LogP contribution in [0.2, 0.25) is 0 Å². The molecule has 1 N–H and O–H groups in total. The molecule has 0 aliphatic carbocycles. The van der Waals surface area contributed by atoms with Crippen molar-refractivity contribution in [1.29, 1.82) is 0 Å². The Morgan fingerprint density at radius 3 is 2.74 bits per heavy atom. The van der Waals surface area contributed by atoms with Crippen molar-refractivity contribution in [1.82, 2.24) is 20.1 Å². The zero-order chi connectivity index (χ0) is 18.6. The Morgan fingerprint density at radius 1 is 1.15 bits per heavy atom. The van der Waals surface area contributed by atoms with Crippen molar-refractivity contribution in [2.24, 2.45) is 0 Å². The first-order chi connectivity index (χ1) is 13.3. The quantitative estimate of drug-likeness (QED) is 0.525. The van der Waals surface area contributed by atoms with E-state index < -0.39 is 6.04 Å². The molecule has 4 rings (SSSR count). The van der Waals surface area contributed by atoms with E-state index in [1.54, 1.807) is 16.4 Å². The summed E-state index contributed by atoms with van der Waals surface area (Å²) < 4.78 is 1.65. The first-order valence-corrected chi connectivity index (χ1v) is 9.31. The number of hydrogen-bond acceptors (Lipinski definition) is 5. The van der Waals surface area contributed by atoms with Crippen LogP contribution in [0.25, 0.3) is 16.7 Å². The maximum Gasteiger partial charge on any atom is 0.265 e. The summed E-state index contributed by atoms with van der Waals surface area (Å²) in [5.74, 6) is 0.128. The second kappa shape index (κ2) is 7.51. The standard InChI is InChI=1S/C20H16N4O2S/c25-12-16(10-14-6-2-1-3-7-14)23-20(26)18-19(21-13-27-18)24-17-9-5-4-8-15(17)11-22-24/h1-9,11-13,16H,10H2,(H,23,26). The molecule has 2 heterocycles. The van der Waals surface area contributed by atoms with Crippen molar-refractivity contribution in [2.45, 2.75) is 12.5 Å². The molecule has 0 radical (unpaired) electrons. The van der Waals surface area contributed by atoms with E-state index in [0.717, 1.165) is 22.8 Å². The molecule has 0 aliphatic heterocycles. The lowest BCUT2D eigenvalue weighted by Gasteiger charge is -2.13. The number of hydrogen-bond donors (Lipinski definition) is 1. The maximum absolute atomic E-state index is 12.8. The van der Waals surface area contributed by atoms with Gasteiger partial charge in [-0.2, -0.15) is 5.10 Å². The number of carbonyl (C=O) groups excluding carboxylic acids is 2. The maximum atomic E-state index is 12.8. The van der Waals surface area contributed by atoms with Crippen molar-refractivity contribution < 1.29 is 9.59 Å². The van der Waals surface area contributed by atoms with E-state index in [1.165, 1.54) is 11.3 Å². The highest BCUT2D eigenvalue weighted by atomic mass is 32.1. The van der Waals surface area contributed by atoms with Crippen LogP contribution in [-0.2, 0) is 11.2 Å². The van der Waals surface area contributed by atoms with Crippen LogP contribution in [0.4, 0.5) is 0 Å². The van der Waals surface area contributed by atoms with Gasteiger partial charge < -0.3 is 10.1 Å². The van der Waals surface area contributed by atoms with Crippen LogP contribution in [0.5, 0.6) is 0 Å². The number of aldehydes is 1. The second-order valence-corrected chi connectivity index (χ2v) is 6.88. The molecule has 1 unspecified atom stereocenters. The van der Waals surface area contributed by atoms with E-state index in [0.29, 0.717) is 17.1 Å². The average Bonchev–Trinajstić information content (AvgIpc) is 3.34. The summed E-state index contributed by atoms with van der Waals surface area (Å²) >= 11 is 1.22. The fraction of sp³-hybridized carbons (Fsp3) is 0.100. The van der Waals surface area contributed by atoms with E-state index in [4.69, 9.17) is 0 Å². The summed E-state index contributed by atoms with van der Waals surface area (Å²) in [4.78, 5) is 29.0. The van der Waals surface area contributed by atoms with Crippen molar-refractivity contribution in [3.8, 4) is 5.82 Å². The number of benzene rings is 2. The molecular weight excluding hydrogens is 360 g/mol. The van der Waals surface area contributed by atoms with E-state index in [9.17, 15) is 9.59 Å². The summed E-state index contributed by atoms with van der Waals surface area (Å²) in [6.07, 6.45) is 2.93. The molecule has 1 amide bonds. The Kier molecular flexibility index (Phi) is 4.76. The minimum Gasteiger partial charge on any atom is -0.341 e. The lowest BCUT2D eigenvalue weighted by atomic mass is 10.1. The van der Waals surface area contributed by atoms with Crippen molar-refractivity contribution in [3.63, 3.8) is 0 Å². The number of rotatable bonds is 6. The average molecular weight is 376 g/mol. The third-order valence-corrected chi connectivity index (χ3v) is 5.03. The fourth-order valence-corrected chi connectivity index (χ4v) is 3.59. The number of amides is 1. The largest absolute Gasteiger partial charge is 0.341 e. The summed E-state index contributed by atoms with van der Waals surface area (Å²) in [5.41, 5.74) is 3.46. The van der Waals surface area contributed by atoms with E-state index >= 15 is 0 Å². The zero-order valence-corrected chi connectivity index (χ0v) is 15.1. The molecule has 0 spiro atoms. The summed E-state index contributed by atoms with van der Waals surface area (Å²) in [7, 11) is 0. The molecule has 0 fully saturated rings. The van der Waals surface area contributed by atoms with Crippen LogP contribution in [0.15, 0.2) is 66.3 Å².